The lowest BCUT2D eigenvalue weighted by molar-refractivity contribution is 0.169. The molecule has 0 aliphatic heterocycles. The van der Waals surface area contributed by atoms with Gasteiger partial charge >= 0.3 is 0 Å². The first kappa shape index (κ1) is 11.3. The molecule has 0 aromatic rings. The monoisotopic (exact) mass is 198 g/mol. The van der Waals surface area contributed by atoms with Crippen LogP contribution in [0.1, 0.15) is 26.2 Å². The molecule has 0 amide bonds. The molecule has 1 aliphatic rings. The molecule has 82 valence electrons. The van der Waals surface area contributed by atoms with Gasteiger partial charge < -0.3 is 16.1 Å². The summed E-state index contributed by atoms with van der Waals surface area (Å²) in [5.41, 5.74) is 6.50. The van der Waals surface area contributed by atoms with Crippen LogP contribution in [0.5, 0.6) is 0 Å². The van der Waals surface area contributed by atoms with Crippen LogP contribution < -0.4 is 16.9 Å². The minimum Gasteiger partial charge on any atom is -0.403 e. The quantitative estimate of drug-likeness (QED) is 0.441. The highest BCUT2D eigenvalue weighted by molar-refractivity contribution is 4.97. The lowest BCUT2D eigenvalue weighted by Crippen LogP contribution is -2.46. The van der Waals surface area contributed by atoms with Crippen molar-refractivity contribution in [3.8, 4) is 0 Å². The highest BCUT2D eigenvalue weighted by Gasteiger charge is 2.28. The van der Waals surface area contributed by atoms with Gasteiger partial charge in [-0.2, -0.15) is 0 Å². The van der Waals surface area contributed by atoms with Crippen LogP contribution in [-0.2, 0) is 0 Å². The normalized spacial score (nSPS) is 27.2. The van der Waals surface area contributed by atoms with E-state index in [1.165, 1.54) is 12.8 Å². The summed E-state index contributed by atoms with van der Waals surface area (Å²) in [6.07, 6.45) is 4.96. The van der Waals surface area contributed by atoms with Crippen LogP contribution in [0.15, 0.2) is 11.9 Å². The van der Waals surface area contributed by atoms with E-state index in [0.29, 0.717) is 6.04 Å². The van der Waals surface area contributed by atoms with Crippen molar-refractivity contribution in [3.05, 3.63) is 11.9 Å². The van der Waals surface area contributed by atoms with Gasteiger partial charge in [-0.25, -0.2) is 5.84 Å². The van der Waals surface area contributed by atoms with Gasteiger partial charge in [-0.1, -0.05) is 6.92 Å². The van der Waals surface area contributed by atoms with Crippen molar-refractivity contribution < 1.29 is 0 Å². The summed E-state index contributed by atoms with van der Waals surface area (Å²) in [7, 11) is 2.01. The van der Waals surface area contributed by atoms with Crippen LogP contribution in [0.3, 0.4) is 0 Å². The second-order valence-electron chi connectivity index (χ2n) is 3.99. The molecule has 0 heterocycles. The Balaban J connectivity index is 2.25. The maximum absolute atomic E-state index is 5.90. The Hall–Kier alpha value is -0.740. The van der Waals surface area contributed by atoms with Crippen LogP contribution in [0.25, 0.3) is 0 Å². The molecule has 0 aromatic heterocycles. The van der Waals surface area contributed by atoms with E-state index >= 15 is 0 Å². The zero-order valence-electron chi connectivity index (χ0n) is 9.16. The molecule has 1 rings (SSSR count). The first-order chi connectivity index (χ1) is 6.71. The zero-order chi connectivity index (χ0) is 10.6. The third kappa shape index (κ3) is 2.62. The van der Waals surface area contributed by atoms with Gasteiger partial charge in [-0.05, 0) is 32.2 Å². The molecule has 0 aromatic carbocycles. The molecule has 0 radical (unpaired) electrons. The van der Waals surface area contributed by atoms with Crippen LogP contribution >= 0.6 is 0 Å². The fourth-order valence-corrected chi connectivity index (χ4v) is 1.93. The summed E-state index contributed by atoms with van der Waals surface area (Å²) in [4.78, 5) is 0. The molecule has 0 saturated heterocycles. The Morgan fingerprint density at radius 2 is 2.21 bits per heavy atom. The first-order valence-corrected chi connectivity index (χ1v) is 5.31. The van der Waals surface area contributed by atoms with Gasteiger partial charge in [-0.15, -0.1) is 0 Å². The molecular weight excluding hydrogens is 176 g/mol. The lowest BCUT2D eigenvalue weighted by atomic mass is 9.80. The smallest absolute Gasteiger partial charge is 0.0443 e. The summed E-state index contributed by atoms with van der Waals surface area (Å²) in [6.45, 7) is 2.99. The molecular formula is C10H22N4. The topological polar surface area (TPSA) is 67.3 Å². The van der Waals surface area contributed by atoms with Gasteiger partial charge in [0.05, 0.1) is 0 Å². The molecule has 14 heavy (non-hydrogen) atoms. The van der Waals surface area contributed by atoms with Crippen LogP contribution in [0.2, 0.25) is 0 Å². The van der Waals surface area contributed by atoms with Crippen LogP contribution in [0, 0.1) is 5.92 Å². The number of nitrogens with zero attached hydrogens (tertiary/aromatic N) is 1. The Bertz CT molecular complexity index is 196. The maximum Gasteiger partial charge on any atom is 0.0443 e. The first-order valence-electron chi connectivity index (χ1n) is 5.31. The van der Waals surface area contributed by atoms with Gasteiger partial charge in [0.15, 0.2) is 0 Å². The van der Waals surface area contributed by atoms with Gasteiger partial charge in [0.2, 0.25) is 0 Å². The van der Waals surface area contributed by atoms with Gasteiger partial charge in [0, 0.05) is 24.5 Å². The average molecular weight is 198 g/mol. The fourth-order valence-electron chi connectivity index (χ4n) is 1.93. The standard InChI is InChI=1S/C10H22N4/c1-3-10(6-11)14(12)7-8-4-9(5-8)13-2/h6,8-9,13H,3-5,7,11-12H2,1-2H3/b10-6-/t8-,9+. The number of hydrogen-bond donors (Lipinski definition) is 3. The largest absolute Gasteiger partial charge is 0.403 e. The second-order valence-corrected chi connectivity index (χ2v) is 3.99. The Morgan fingerprint density at radius 1 is 1.57 bits per heavy atom. The van der Waals surface area contributed by atoms with Crippen molar-refractivity contribution in [1.82, 2.24) is 10.3 Å². The average Bonchev–Trinajstić information content (AvgIpc) is 2.12. The van der Waals surface area contributed by atoms with Crippen molar-refractivity contribution in [2.24, 2.45) is 17.5 Å². The predicted molar refractivity (Wildman–Crippen MR) is 59.0 cm³/mol. The Labute approximate surface area is 86.3 Å². The number of hydrogen-bond acceptors (Lipinski definition) is 4. The Morgan fingerprint density at radius 3 is 2.64 bits per heavy atom. The summed E-state index contributed by atoms with van der Waals surface area (Å²) < 4.78 is 0. The van der Waals surface area contributed by atoms with E-state index in [1.54, 1.807) is 11.2 Å². The molecule has 1 fully saturated rings. The molecule has 1 saturated carbocycles. The molecule has 5 N–H and O–H groups in total. The molecule has 0 unspecified atom stereocenters. The Kier molecular flexibility index (Phi) is 4.22. The molecule has 4 heteroatoms. The van der Waals surface area contributed by atoms with E-state index in [4.69, 9.17) is 11.6 Å². The molecule has 4 nitrogen and oxygen atoms in total. The summed E-state index contributed by atoms with van der Waals surface area (Å²) in [5, 5.41) is 5.05. The highest BCUT2D eigenvalue weighted by Crippen LogP contribution is 2.28. The molecule has 0 atom stereocenters. The van der Waals surface area contributed by atoms with E-state index in [-0.39, 0.29) is 0 Å². The minimum absolute atomic E-state index is 0.695. The van der Waals surface area contributed by atoms with Crippen molar-refractivity contribution in [3.63, 3.8) is 0 Å². The zero-order valence-corrected chi connectivity index (χ0v) is 9.16. The predicted octanol–water partition coefficient (Wildman–Crippen LogP) is 0.370. The fraction of sp³-hybridized carbons (Fsp3) is 0.800. The van der Waals surface area contributed by atoms with Gasteiger partial charge in [0.1, 0.15) is 0 Å². The SMILES string of the molecule is CC/C(=C/N)N(N)C[C@H]1C[C@@H](NC)C1. The van der Waals surface area contributed by atoms with E-state index in [2.05, 4.69) is 12.2 Å². The third-order valence-electron chi connectivity index (χ3n) is 3.02. The number of nitrogens with one attached hydrogen (secondary N) is 1. The van der Waals surface area contributed by atoms with E-state index in [9.17, 15) is 0 Å². The lowest BCUT2D eigenvalue weighted by Gasteiger charge is -2.38. The molecule has 0 bridgehead atoms. The van der Waals surface area contributed by atoms with E-state index in [1.807, 2.05) is 7.05 Å². The molecule has 0 spiro atoms. The summed E-state index contributed by atoms with van der Waals surface area (Å²) >= 11 is 0. The van der Waals surface area contributed by atoms with Crippen LogP contribution in [-0.4, -0.2) is 24.6 Å². The van der Waals surface area contributed by atoms with Crippen LogP contribution in [0.4, 0.5) is 0 Å². The second kappa shape index (κ2) is 5.22. The highest BCUT2D eigenvalue weighted by atomic mass is 15.4. The number of allylic oxidation sites excluding steroid dienone is 1. The van der Waals surface area contributed by atoms with Crippen molar-refractivity contribution >= 4 is 0 Å². The molecule has 1 aliphatic carbocycles. The van der Waals surface area contributed by atoms with E-state index in [0.717, 1.165) is 24.6 Å². The van der Waals surface area contributed by atoms with Crippen molar-refractivity contribution in [2.75, 3.05) is 13.6 Å². The summed E-state index contributed by atoms with van der Waals surface area (Å²) in [6, 6.07) is 0.695. The number of rotatable bonds is 5. The van der Waals surface area contributed by atoms with Gasteiger partial charge in [0.25, 0.3) is 0 Å². The van der Waals surface area contributed by atoms with Crippen molar-refractivity contribution in [2.45, 2.75) is 32.2 Å². The summed E-state index contributed by atoms with van der Waals surface area (Å²) in [5.74, 6) is 6.62. The number of nitrogens with two attached hydrogens (primary N) is 2. The third-order valence-corrected chi connectivity index (χ3v) is 3.02. The van der Waals surface area contributed by atoms with E-state index < -0.39 is 0 Å². The minimum atomic E-state index is 0.695. The van der Waals surface area contributed by atoms with Crippen molar-refractivity contribution in [1.29, 1.82) is 0 Å². The maximum atomic E-state index is 5.90. The van der Waals surface area contributed by atoms with Gasteiger partial charge in [-0.3, -0.25) is 0 Å². The number of hydrazine groups is 1.